The Morgan fingerprint density at radius 2 is 1.78 bits per heavy atom. The molecule has 4 unspecified atom stereocenters. The summed E-state index contributed by atoms with van der Waals surface area (Å²) >= 11 is 2.23. The van der Waals surface area contributed by atoms with Gasteiger partial charge in [-0.3, -0.25) is 9.59 Å². The van der Waals surface area contributed by atoms with Crippen LogP contribution in [0.2, 0.25) is 0 Å². The minimum Gasteiger partial charge on any atom is -0.272 e. The molecular weight excluding hydrogens is 403 g/mol. The van der Waals surface area contributed by atoms with Crippen molar-refractivity contribution in [3.8, 4) is 0 Å². The number of hydrogen-bond donors (Lipinski definition) is 0. The minimum atomic E-state index is -0.173. The molecule has 1 aliphatic heterocycles. The molecule has 5 rings (SSSR count). The lowest BCUT2D eigenvalue weighted by Crippen LogP contribution is -2.30. The second-order valence-corrected chi connectivity index (χ2v) is 8.25. The van der Waals surface area contributed by atoms with Crippen molar-refractivity contribution in [3.05, 3.63) is 45.6 Å². The third kappa shape index (κ3) is 1.74. The van der Waals surface area contributed by atoms with E-state index in [2.05, 4.69) is 39.8 Å². The largest absolute Gasteiger partial charge is 0.272 e. The summed E-state index contributed by atoms with van der Waals surface area (Å²) < 4.78 is 1.10. The summed E-state index contributed by atoms with van der Waals surface area (Å²) in [7, 11) is 0. The standard InChI is InChI=1S/C18H15IN2O2/c19-11-3-1-2-10(8-11)9-20-21-16(22)14-12-4-5-13(15(14)17(21)23)18(12)6-7-18/h1-5,8-9,12-15H,6-7H2. The van der Waals surface area contributed by atoms with Crippen molar-refractivity contribution in [2.75, 3.05) is 0 Å². The van der Waals surface area contributed by atoms with Crippen LogP contribution in [0.4, 0.5) is 0 Å². The molecule has 3 aliphatic carbocycles. The summed E-state index contributed by atoms with van der Waals surface area (Å²) in [5, 5.41) is 5.34. The molecule has 1 aromatic rings. The van der Waals surface area contributed by atoms with Gasteiger partial charge in [-0.15, -0.1) is 0 Å². The van der Waals surface area contributed by atoms with E-state index in [4.69, 9.17) is 0 Å². The summed E-state index contributed by atoms with van der Waals surface area (Å²) in [5.41, 5.74) is 1.14. The van der Waals surface area contributed by atoms with Crippen molar-refractivity contribution in [2.45, 2.75) is 12.8 Å². The Bertz CT molecular complexity index is 762. The van der Waals surface area contributed by atoms with Gasteiger partial charge < -0.3 is 0 Å². The van der Waals surface area contributed by atoms with E-state index in [1.54, 1.807) is 6.21 Å². The number of fused-ring (bicyclic) bond motifs is 3. The van der Waals surface area contributed by atoms with Crippen LogP contribution in [0, 0.1) is 32.7 Å². The number of hydrazone groups is 1. The first-order valence-electron chi connectivity index (χ1n) is 7.97. The van der Waals surface area contributed by atoms with Gasteiger partial charge in [0.2, 0.25) is 0 Å². The van der Waals surface area contributed by atoms with Crippen LogP contribution < -0.4 is 0 Å². The van der Waals surface area contributed by atoms with Gasteiger partial charge in [-0.1, -0.05) is 24.3 Å². The van der Waals surface area contributed by atoms with Gasteiger partial charge in [-0.05, 0) is 70.4 Å². The number of amides is 2. The summed E-state index contributed by atoms with van der Waals surface area (Å²) in [6.07, 6.45) is 8.29. The van der Waals surface area contributed by atoms with E-state index < -0.39 is 0 Å². The van der Waals surface area contributed by atoms with Crippen LogP contribution in [-0.4, -0.2) is 23.0 Å². The van der Waals surface area contributed by atoms with E-state index >= 15 is 0 Å². The Balaban J connectivity index is 1.44. The molecule has 0 N–H and O–H groups in total. The molecule has 1 aromatic carbocycles. The SMILES string of the molecule is O=C1C2C(C(=O)N1N=Cc1cccc(I)c1)C1C=CC2C12CC2. The van der Waals surface area contributed by atoms with Gasteiger partial charge in [0.25, 0.3) is 11.8 Å². The van der Waals surface area contributed by atoms with Crippen molar-refractivity contribution >= 4 is 40.6 Å². The molecule has 1 heterocycles. The van der Waals surface area contributed by atoms with Gasteiger partial charge in [0.1, 0.15) is 0 Å². The number of imide groups is 1. The van der Waals surface area contributed by atoms with Crippen LogP contribution in [0.5, 0.6) is 0 Å². The molecule has 4 nitrogen and oxygen atoms in total. The van der Waals surface area contributed by atoms with Gasteiger partial charge in [0.15, 0.2) is 0 Å². The maximum absolute atomic E-state index is 12.7. The van der Waals surface area contributed by atoms with Crippen molar-refractivity contribution in [3.63, 3.8) is 0 Å². The van der Waals surface area contributed by atoms with Crippen LogP contribution in [0.3, 0.4) is 0 Å². The number of hydrogen-bond acceptors (Lipinski definition) is 3. The zero-order valence-electron chi connectivity index (χ0n) is 12.4. The highest BCUT2D eigenvalue weighted by molar-refractivity contribution is 14.1. The average Bonchev–Trinajstić information content (AvgIpc) is 3.13. The van der Waals surface area contributed by atoms with Gasteiger partial charge >= 0.3 is 0 Å². The lowest BCUT2D eigenvalue weighted by atomic mass is 9.85. The number of carbonyl (C=O) groups excluding carboxylic acids is 2. The van der Waals surface area contributed by atoms with Crippen molar-refractivity contribution in [1.29, 1.82) is 0 Å². The molecule has 2 bridgehead atoms. The van der Waals surface area contributed by atoms with Crippen LogP contribution in [0.1, 0.15) is 18.4 Å². The Kier molecular flexibility index (Phi) is 2.73. The van der Waals surface area contributed by atoms with Crippen molar-refractivity contribution in [2.24, 2.45) is 34.2 Å². The summed E-state index contributed by atoms with van der Waals surface area (Å²) in [4.78, 5) is 25.5. The van der Waals surface area contributed by atoms with Crippen molar-refractivity contribution < 1.29 is 9.59 Å². The van der Waals surface area contributed by atoms with Gasteiger partial charge in [0.05, 0.1) is 18.1 Å². The normalized spacial score (nSPS) is 35.8. The highest BCUT2D eigenvalue weighted by atomic mass is 127. The Morgan fingerprint density at radius 1 is 1.13 bits per heavy atom. The molecule has 0 radical (unpaired) electrons. The third-order valence-corrected chi connectivity index (χ3v) is 6.67. The lowest BCUT2D eigenvalue weighted by Gasteiger charge is -2.18. The molecule has 4 aliphatic rings. The fourth-order valence-corrected chi connectivity index (χ4v) is 5.46. The van der Waals surface area contributed by atoms with Crippen molar-refractivity contribution in [1.82, 2.24) is 5.01 Å². The van der Waals surface area contributed by atoms with Crippen LogP contribution in [0.15, 0.2) is 41.5 Å². The molecule has 116 valence electrons. The average molecular weight is 418 g/mol. The van der Waals surface area contributed by atoms with Gasteiger partial charge in [-0.25, -0.2) is 0 Å². The summed E-state index contributed by atoms with van der Waals surface area (Å²) in [6, 6.07) is 7.82. The number of halogens is 1. The molecule has 4 atom stereocenters. The molecule has 5 heteroatoms. The molecule has 1 spiro atoms. The van der Waals surface area contributed by atoms with E-state index in [0.717, 1.165) is 27.0 Å². The lowest BCUT2D eigenvalue weighted by molar-refractivity contribution is -0.141. The third-order valence-electron chi connectivity index (χ3n) is 6.00. The number of benzene rings is 1. The van der Waals surface area contributed by atoms with Crippen LogP contribution in [-0.2, 0) is 9.59 Å². The monoisotopic (exact) mass is 418 g/mol. The zero-order valence-corrected chi connectivity index (χ0v) is 14.5. The predicted molar refractivity (Wildman–Crippen MR) is 93.4 cm³/mol. The van der Waals surface area contributed by atoms with E-state index in [-0.39, 0.29) is 40.9 Å². The number of rotatable bonds is 2. The maximum Gasteiger partial charge on any atom is 0.254 e. The zero-order chi connectivity index (χ0) is 15.8. The highest BCUT2D eigenvalue weighted by Crippen LogP contribution is 2.73. The highest BCUT2D eigenvalue weighted by Gasteiger charge is 2.73. The first-order valence-corrected chi connectivity index (χ1v) is 9.05. The van der Waals surface area contributed by atoms with Crippen LogP contribution in [0.25, 0.3) is 0 Å². The fourth-order valence-electron chi connectivity index (χ4n) is 4.89. The first-order chi connectivity index (χ1) is 11.1. The van der Waals surface area contributed by atoms with E-state index in [9.17, 15) is 9.59 Å². The number of carbonyl (C=O) groups is 2. The number of nitrogens with zero attached hydrogens (tertiary/aromatic N) is 2. The molecule has 3 fully saturated rings. The predicted octanol–water partition coefficient (Wildman–Crippen LogP) is 2.82. The second kappa shape index (κ2) is 4.53. The first kappa shape index (κ1) is 13.9. The topological polar surface area (TPSA) is 49.7 Å². The maximum atomic E-state index is 12.7. The van der Waals surface area contributed by atoms with E-state index in [0.29, 0.717) is 0 Å². The molecule has 2 amide bonds. The van der Waals surface area contributed by atoms with Crippen LogP contribution >= 0.6 is 22.6 Å². The van der Waals surface area contributed by atoms with Gasteiger partial charge in [-0.2, -0.15) is 10.1 Å². The Morgan fingerprint density at radius 3 is 2.35 bits per heavy atom. The molecular formula is C18H15IN2O2. The summed E-state index contributed by atoms with van der Waals surface area (Å²) in [5.74, 6) is -0.0465. The van der Waals surface area contributed by atoms with E-state index in [1.807, 2.05) is 24.3 Å². The quantitative estimate of drug-likeness (QED) is 0.321. The fraction of sp³-hybridized carbons (Fsp3) is 0.389. The Hall–Kier alpha value is -1.50. The second-order valence-electron chi connectivity index (χ2n) is 7.01. The minimum absolute atomic E-state index is 0.106. The molecule has 2 saturated carbocycles. The van der Waals surface area contributed by atoms with E-state index in [1.165, 1.54) is 0 Å². The summed E-state index contributed by atoms with van der Waals surface area (Å²) in [6.45, 7) is 0. The Labute approximate surface area is 147 Å². The molecule has 0 aromatic heterocycles. The molecule has 23 heavy (non-hydrogen) atoms. The smallest absolute Gasteiger partial charge is 0.254 e. The molecule has 1 saturated heterocycles. The number of allylic oxidation sites excluding steroid dienone is 2. The van der Waals surface area contributed by atoms with Gasteiger partial charge in [0, 0.05) is 3.57 Å².